The van der Waals surface area contributed by atoms with Crippen molar-refractivity contribution < 1.29 is 14.7 Å². The van der Waals surface area contributed by atoms with Crippen molar-refractivity contribution in [2.45, 2.75) is 25.8 Å². The fourth-order valence-electron chi connectivity index (χ4n) is 2.17. The molecule has 1 rings (SSSR count). The molecular weight excluding hydrogens is 246 g/mol. The fourth-order valence-corrected chi connectivity index (χ4v) is 2.17. The van der Waals surface area contributed by atoms with E-state index in [0.29, 0.717) is 0 Å². The van der Waals surface area contributed by atoms with Gasteiger partial charge in [-0.3, -0.25) is 4.79 Å². The van der Waals surface area contributed by atoms with E-state index >= 15 is 0 Å². The van der Waals surface area contributed by atoms with Gasteiger partial charge in [-0.1, -0.05) is 5.92 Å². The Morgan fingerprint density at radius 2 is 2.11 bits per heavy atom. The predicted octanol–water partition coefficient (Wildman–Crippen LogP) is 0.200. The summed E-state index contributed by atoms with van der Waals surface area (Å²) in [6.45, 7) is 4.42. The van der Waals surface area contributed by atoms with Crippen molar-refractivity contribution in [2.24, 2.45) is 0 Å². The molecule has 6 heteroatoms. The standard InChI is InChI=1S/C13H21N3O3/c1-3-6-16(10-12(17)18)13(19)14-11(2)9-15-7-4-5-8-15/h1,11H,4-10H2,2H3,(H,14,19)(H,17,18). The van der Waals surface area contributed by atoms with Crippen molar-refractivity contribution in [3.05, 3.63) is 0 Å². The van der Waals surface area contributed by atoms with Crippen LogP contribution in [0.4, 0.5) is 4.79 Å². The van der Waals surface area contributed by atoms with Crippen molar-refractivity contribution in [1.29, 1.82) is 0 Å². The van der Waals surface area contributed by atoms with Gasteiger partial charge in [0.1, 0.15) is 6.54 Å². The van der Waals surface area contributed by atoms with Crippen LogP contribution in [0.15, 0.2) is 0 Å². The monoisotopic (exact) mass is 267 g/mol. The van der Waals surface area contributed by atoms with E-state index in [1.165, 1.54) is 12.8 Å². The second kappa shape index (κ2) is 7.64. The summed E-state index contributed by atoms with van der Waals surface area (Å²) in [5.74, 6) is 1.22. The second-order valence-electron chi connectivity index (χ2n) is 4.81. The van der Waals surface area contributed by atoms with Crippen molar-refractivity contribution in [1.82, 2.24) is 15.1 Å². The summed E-state index contributed by atoms with van der Waals surface area (Å²) in [7, 11) is 0. The minimum atomic E-state index is -1.07. The van der Waals surface area contributed by atoms with Gasteiger partial charge in [0.2, 0.25) is 0 Å². The molecule has 0 spiro atoms. The minimum Gasteiger partial charge on any atom is -0.480 e. The number of carbonyl (C=O) groups is 2. The third-order valence-corrected chi connectivity index (χ3v) is 3.00. The van der Waals surface area contributed by atoms with Gasteiger partial charge in [-0.25, -0.2) is 4.79 Å². The number of carboxylic acids is 1. The number of rotatable bonds is 6. The van der Waals surface area contributed by atoms with Crippen molar-refractivity contribution in [3.63, 3.8) is 0 Å². The van der Waals surface area contributed by atoms with Gasteiger partial charge in [0, 0.05) is 12.6 Å². The van der Waals surface area contributed by atoms with E-state index in [4.69, 9.17) is 11.5 Å². The Morgan fingerprint density at radius 3 is 2.63 bits per heavy atom. The van der Waals surface area contributed by atoms with Crippen LogP contribution < -0.4 is 5.32 Å². The molecule has 1 unspecified atom stereocenters. The molecule has 1 atom stereocenters. The van der Waals surface area contributed by atoms with Crippen LogP contribution in [-0.2, 0) is 4.79 Å². The summed E-state index contributed by atoms with van der Waals surface area (Å²) in [4.78, 5) is 25.9. The number of nitrogens with one attached hydrogen (secondary N) is 1. The van der Waals surface area contributed by atoms with Gasteiger partial charge < -0.3 is 20.2 Å². The summed E-state index contributed by atoms with van der Waals surface area (Å²) < 4.78 is 0. The molecule has 1 fully saturated rings. The Balaban J connectivity index is 2.41. The van der Waals surface area contributed by atoms with Gasteiger partial charge in [-0.05, 0) is 32.9 Å². The summed E-state index contributed by atoms with van der Waals surface area (Å²) in [6, 6.07) is -0.452. The Hall–Kier alpha value is -1.74. The SMILES string of the molecule is C#CCN(CC(=O)O)C(=O)NC(C)CN1CCCC1. The molecule has 2 N–H and O–H groups in total. The molecule has 1 heterocycles. The average Bonchev–Trinajstić information content (AvgIpc) is 2.80. The summed E-state index contributed by atoms with van der Waals surface area (Å²) in [5, 5.41) is 11.5. The first-order valence-electron chi connectivity index (χ1n) is 6.46. The van der Waals surface area contributed by atoms with Gasteiger partial charge in [-0.2, -0.15) is 0 Å². The van der Waals surface area contributed by atoms with Crippen LogP contribution in [0.1, 0.15) is 19.8 Å². The summed E-state index contributed by atoms with van der Waals surface area (Å²) in [5.41, 5.74) is 0. The van der Waals surface area contributed by atoms with Gasteiger partial charge in [0.05, 0.1) is 6.54 Å². The fraction of sp³-hybridized carbons (Fsp3) is 0.692. The quantitative estimate of drug-likeness (QED) is 0.674. The molecule has 0 saturated carbocycles. The number of urea groups is 1. The number of aliphatic carboxylic acids is 1. The van der Waals surface area contributed by atoms with Crippen LogP contribution in [0, 0.1) is 12.3 Å². The van der Waals surface area contributed by atoms with Gasteiger partial charge in [0.25, 0.3) is 0 Å². The number of amides is 2. The largest absolute Gasteiger partial charge is 0.480 e. The van der Waals surface area contributed by atoms with Crippen molar-refractivity contribution >= 4 is 12.0 Å². The van der Waals surface area contributed by atoms with E-state index in [9.17, 15) is 9.59 Å². The van der Waals surface area contributed by atoms with Crippen LogP contribution in [0.25, 0.3) is 0 Å². The highest BCUT2D eigenvalue weighted by atomic mass is 16.4. The number of hydrogen-bond donors (Lipinski definition) is 2. The Kier molecular flexibility index (Phi) is 6.16. The lowest BCUT2D eigenvalue weighted by Crippen LogP contribution is -2.49. The number of nitrogens with zero attached hydrogens (tertiary/aromatic N) is 2. The van der Waals surface area contributed by atoms with Crippen LogP contribution in [-0.4, -0.2) is 65.7 Å². The summed E-state index contributed by atoms with van der Waals surface area (Å²) >= 11 is 0. The highest BCUT2D eigenvalue weighted by Gasteiger charge is 2.20. The molecule has 0 radical (unpaired) electrons. The molecule has 19 heavy (non-hydrogen) atoms. The molecule has 1 aliphatic heterocycles. The van der Waals surface area contributed by atoms with E-state index in [1.807, 2.05) is 6.92 Å². The topological polar surface area (TPSA) is 72.9 Å². The third kappa shape index (κ3) is 5.62. The number of carboxylic acid groups (broad SMARTS) is 1. The lowest BCUT2D eigenvalue weighted by molar-refractivity contribution is -0.137. The van der Waals surface area contributed by atoms with Crippen LogP contribution in [0.5, 0.6) is 0 Å². The van der Waals surface area contributed by atoms with E-state index in [2.05, 4.69) is 16.1 Å². The first kappa shape index (κ1) is 15.3. The Morgan fingerprint density at radius 1 is 1.47 bits per heavy atom. The normalized spacial score (nSPS) is 16.6. The van der Waals surface area contributed by atoms with E-state index < -0.39 is 12.0 Å². The minimum absolute atomic E-state index is 0.00539. The van der Waals surface area contributed by atoms with E-state index in [1.54, 1.807) is 0 Å². The maximum atomic E-state index is 11.9. The molecular formula is C13H21N3O3. The molecule has 0 aliphatic carbocycles. The lowest BCUT2D eigenvalue weighted by atomic mass is 10.3. The van der Waals surface area contributed by atoms with Gasteiger partial charge in [-0.15, -0.1) is 6.42 Å². The first-order chi connectivity index (χ1) is 9.02. The van der Waals surface area contributed by atoms with Crippen LogP contribution in [0.3, 0.4) is 0 Å². The first-order valence-corrected chi connectivity index (χ1v) is 6.46. The van der Waals surface area contributed by atoms with Crippen molar-refractivity contribution in [2.75, 3.05) is 32.7 Å². The smallest absolute Gasteiger partial charge is 0.323 e. The Labute approximate surface area is 113 Å². The van der Waals surface area contributed by atoms with E-state index in [0.717, 1.165) is 24.5 Å². The maximum absolute atomic E-state index is 11.9. The molecule has 1 saturated heterocycles. The molecule has 0 aromatic heterocycles. The summed E-state index contributed by atoms with van der Waals surface area (Å²) in [6.07, 6.45) is 7.53. The highest BCUT2D eigenvalue weighted by molar-refractivity contribution is 5.80. The van der Waals surface area contributed by atoms with Crippen LogP contribution in [0.2, 0.25) is 0 Å². The number of likely N-dealkylation sites (tertiary alicyclic amines) is 1. The number of hydrogen-bond acceptors (Lipinski definition) is 3. The zero-order chi connectivity index (χ0) is 14.3. The molecule has 1 aliphatic rings. The van der Waals surface area contributed by atoms with Crippen LogP contribution >= 0.6 is 0 Å². The lowest BCUT2D eigenvalue weighted by Gasteiger charge is -2.25. The number of terminal acetylenes is 1. The molecule has 0 bridgehead atoms. The third-order valence-electron chi connectivity index (χ3n) is 3.00. The van der Waals surface area contributed by atoms with Crippen molar-refractivity contribution in [3.8, 4) is 12.3 Å². The van der Waals surface area contributed by atoms with Gasteiger partial charge in [0.15, 0.2) is 0 Å². The highest BCUT2D eigenvalue weighted by Crippen LogP contribution is 2.07. The molecule has 6 nitrogen and oxygen atoms in total. The van der Waals surface area contributed by atoms with Gasteiger partial charge >= 0.3 is 12.0 Å². The predicted molar refractivity (Wildman–Crippen MR) is 71.7 cm³/mol. The zero-order valence-corrected chi connectivity index (χ0v) is 11.3. The second-order valence-corrected chi connectivity index (χ2v) is 4.81. The molecule has 0 aromatic carbocycles. The molecule has 106 valence electrons. The average molecular weight is 267 g/mol. The van der Waals surface area contributed by atoms with E-state index in [-0.39, 0.29) is 19.1 Å². The molecule has 2 amide bonds. The Bertz CT molecular complexity index is 359. The zero-order valence-electron chi connectivity index (χ0n) is 11.3. The molecule has 0 aromatic rings. The maximum Gasteiger partial charge on any atom is 0.323 e. The number of carbonyl (C=O) groups excluding carboxylic acids is 1.